The summed E-state index contributed by atoms with van der Waals surface area (Å²) in [6, 6.07) is 5.33. The molecule has 0 spiro atoms. The zero-order chi connectivity index (χ0) is 15.4. The summed E-state index contributed by atoms with van der Waals surface area (Å²) < 4.78 is 12.9. The van der Waals surface area contributed by atoms with E-state index in [1.54, 1.807) is 0 Å². The third-order valence-electron chi connectivity index (χ3n) is 4.01. The van der Waals surface area contributed by atoms with Gasteiger partial charge in [0.2, 0.25) is 0 Å². The van der Waals surface area contributed by atoms with Crippen molar-refractivity contribution in [2.45, 2.75) is 25.7 Å². The fraction of sp³-hybridized carbons (Fsp3) is 0.467. The van der Waals surface area contributed by atoms with Crippen LogP contribution in [0.1, 0.15) is 25.7 Å². The van der Waals surface area contributed by atoms with Gasteiger partial charge < -0.3 is 10.2 Å². The number of anilines is 1. The maximum absolute atomic E-state index is 12.9. The van der Waals surface area contributed by atoms with Crippen LogP contribution in [-0.4, -0.2) is 28.8 Å². The number of hydrogen-bond acceptors (Lipinski definition) is 2. The monoisotopic (exact) mass is 295 g/mol. The number of rotatable bonds is 4. The number of carboxylic acids is 1. The standard InChI is InChI=1S/C15H18FNO4/c16-12-5-7-13(8-6-12)17(15(20)21)9-10-1-3-11(4-2-10)14(18)19/h5-8,10-11H,1-4,9H2,(H,18,19)(H,20,21). The second kappa shape index (κ2) is 6.56. The summed E-state index contributed by atoms with van der Waals surface area (Å²) in [7, 11) is 0. The molecule has 1 saturated carbocycles. The Morgan fingerprint density at radius 2 is 1.67 bits per heavy atom. The summed E-state index contributed by atoms with van der Waals surface area (Å²) in [4.78, 5) is 23.5. The van der Waals surface area contributed by atoms with Crippen LogP contribution < -0.4 is 4.90 Å². The van der Waals surface area contributed by atoms with E-state index in [1.165, 1.54) is 29.2 Å². The number of nitrogens with zero attached hydrogens (tertiary/aromatic N) is 1. The highest BCUT2D eigenvalue weighted by Crippen LogP contribution is 2.30. The van der Waals surface area contributed by atoms with Gasteiger partial charge in [0, 0.05) is 12.2 Å². The molecule has 2 N–H and O–H groups in total. The van der Waals surface area contributed by atoms with Crippen molar-refractivity contribution in [1.29, 1.82) is 0 Å². The number of hydrogen-bond donors (Lipinski definition) is 2. The van der Waals surface area contributed by atoms with Crippen LogP contribution in [0, 0.1) is 17.7 Å². The van der Waals surface area contributed by atoms with Gasteiger partial charge in [0.1, 0.15) is 5.82 Å². The molecular weight excluding hydrogens is 277 g/mol. The Kier molecular flexibility index (Phi) is 4.77. The van der Waals surface area contributed by atoms with Gasteiger partial charge >= 0.3 is 12.1 Å². The van der Waals surface area contributed by atoms with Crippen LogP contribution in [0.4, 0.5) is 14.9 Å². The maximum Gasteiger partial charge on any atom is 0.411 e. The van der Waals surface area contributed by atoms with E-state index < -0.39 is 17.9 Å². The van der Waals surface area contributed by atoms with E-state index in [0.717, 1.165) is 0 Å². The van der Waals surface area contributed by atoms with Gasteiger partial charge in [-0.1, -0.05) is 0 Å². The van der Waals surface area contributed by atoms with Gasteiger partial charge in [0.05, 0.1) is 5.92 Å². The van der Waals surface area contributed by atoms with Gasteiger partial charge in [-0.05, 0) is 55.9 Å². The Balaban J connectivity index is 2.00. The summed E-state index contributed by atoms with van der Waals surface area (Å²) in [6.45, 7) is 0.313. The van der Waals surface area contributed by atoms with Gasteiger partial charge in [-0.25, -0.2) is 9.18 Å². The third-order valence-corrected chi connectivity index (χ3v) is 4.01. The highest BCUT2D eigenvalue weighted by atomic mass is 19.1. The first-order valence-corrected chi connectivity index (χ1v) is 6.96. The van der Waals surface area contributed by atoms with E-state index >= 15 is 0 Å². The fourth-order valence-corrected chi connectivity index (χ4v) is 2.77. The van der Waals surface area contributed by atoms with E-state index in [-0.39, 0.29) is 11.8 Å². The minimum absolute atomic E-state index is 0.141. The zero-order valence-corrected chi connectivity index (χ0v) is 11.5. The lowest BCUT2D eigenvalue weighted by Gasteiger charge is -2.30. The highest BCUT2D eigenvalue weighted by Gasteiger charge is 2.28. The first-order valence-electron chi connectivity index (χ1n) is 6.96. The molecule has 2 rings (SSSR count). The Bertz CT molecular complexity index is 509. The number of halogens is 1. The minimum atomic E-state index is -1.08. The molecule has 0 heterocycles. The average Bonchev–Trinajstić information content (AvgIpc) is 2.46. The molecule has 0 aliphatic heterocycles. The number of amides is 1. The topological polar surface area (TPSA) is 77.8 Å². The molecule has 1 fully saturated rings. The Morgan fingerprint density at radius 1 is 1.10 bits per heavy atom. The van der Waals surface area contributed by atoms with Crippen LogP contribution in [-0.2, 0) is 4.79 Å². The van der Waals surface area contributed by atoms with Crippen molar-refractivity contribution in [1.82, 2.24) is 0 Å². The molecule has 6 heteroatoms. The summed E-state index contributed by atoms with van der Waals surface area (Å²) in [5.41, 5.74) is 0.434. The quantitative estimate of drug-likeness (QED) is 0.894. The van der Waals surface area contributed by atoms with Gasteiger partial charge in [-0.2, -0.15) is 0 Å². The summed E-state index contributed by atoms with van der Waals surface area (Å²) in [5, 5.41) is 18.3. The lowest BCUT2D eigenvalue weighted by atomic mass is 9.82. The molecule has 1 aliphatic rings. The normalized spacial score (nSPS) is 21.8. The van der Waals surface area contributed by atoms with Gasteiger partial charge in [-0.3, -0.25) is 9.69 Å². The molecule has 114 valence electrons. The van der Waals surface area contributed by atoms with Crippen LogP contribution >= 0.6 is 0 Å². The number of aliphatic carboxylic acids is 1. The molecule has 1 aliphatic carbocycles. The smallest absolute Gasteiger partial charge is 0.411 e. The Morgan fingerprint density at radius 3 is 2.14 bits per heavy atom. The molecule has 0 saturated heterocycles. The lowest BCUT2D eigenvalue weighted by molar-refractivity contribution is -0.143. The lowest BCUT2D eigenvalue weighted by Crippen LogP contribution is -2.36. The summed E-state index contributed by atoms with van der Waals surface area (Å²) >= 11 is 0. The first-order chi connectivity index (χ1) is 9.97. The molecule has 0 bridgehead atoms. The molecule has 0 atom stereocenters. The minimum Gasteiger partial charge on any atom is -0.481 e. The van der Waals surface area contributed by atoms with Gasteiger partial charge in [0.25, 0.3) is 0 Å². The maximum atomic E-state index is 12.9. The average molecular weight is 295 g/mol. The molecular formula is C15H18FNO4. The molecule has 0 radical (unpaired) electrons. The second-order valence-electron chi connectivity index (χ2n) is 5.43. The predicted molar refractivity (Wildman–Crippen MR) is 74.9 cm³/mol. The number of carbonyl (C=O) groups is 2. The van der Waals surface area contributed by atoms with Gasteiger partial charge in [-0.15, -0.1) is 0 Å². The van der Waals surface area contributed by atoms with E-state index in [4.69, 9.17) is 5.11 Å². The molecule has 21 heavy (non-hydrogen) atoms. The molecule has 0 unspecified atom stereocenters. The van der Waals surface area contributed by atoms with Crippen molar-refractivity contribution in [3.05, 3.63) is 30.1 Å². The van der Waals surface area contributed by atoms with Crippen LogP contribution in [0.5, 0.6) is 0 Å². The van der Waals surface area contributed by atoms with Crippen molar-refractivity contribution in [2.75, 3.05) is 11.4 Å². The molecule has 1 aromatic rings. The Labute approximate surface area is 122 Å². The molecule has 5 nitrogen and oxygen atoms in total. The van der Waals surface area contributed by atoms with Crippen molar-refractivity contribution in [3.8, 4) is 0 Å². The second-order valence-corrected chi connectivity index (χ2v) is 5.43. The largest absolute Gasteiger partial charge is 0.481 e. The molecule has 1 aromatic carbocycles. The predicted octanol–water partition coefficient (Wildman–Crippen LogP) is 3.20. The summed E-state index contributed by atoms with van der Waals surface area (Å²) in [6.07, 6.45) is 1.47. The number of carboxylic acid groups (broad SMARTS) is 2. The first kappa shape index (κ1) is 15.3. The van der Waals surface area contributed by atoms with Crippen LogP contribution in [0.3, 0.4) is 0 Å². The third kappa shape index (κ3) is 3.93. The van der Waals surface area contributed by atoms with E-state index in [9.17, 15) is 19.1 Å². The van der Waals surface area contributed by atoms with E-state index in [2.05, 4.69) is 0 Å². The van der Waals surface area contributed by atoms with E-state index in [1.807, 2.05) is 0 Å². The van der Waals surface area contributed by atoms with E-state index in [0.29, 0.717) is 37.9 Å². The zero-order valence-electron chi connectivity index (χ0n) is 11.5. The van der Waals surface area contributed by atoms with Crippen LogP contribution in [0.25, 0.3) is 0 Å². The Hall–Kier alpha value is -2.11. The fourth-order valence-electron chi connectivity index (χ4n) is 2.77. The highest BCUT2D eigenvalue weighted by molar-refractivity contribution is 5.85. The van der Waals surface area contributed by atoms with Crippen molar-refractivity contribution in [3.63, 3.8) is 0 Å². The van der Waals surface area contributed by atoms with Gasteiger partial charge in [0.15, 0.2) is 0 Å². The van der Waals surface area contributed by atoms with Crippen molar-refractivity contribution in [2.24, 2.45) is 11.8 Å². The van der Waals surface area contributed by atoms with Crippen molar-refractivity contribution >= 4 is 17.7 Å². The molecule has 1 amide bonds. The van der Waals surface area contributed by atoms with Crippen molar-refractivity contribution < 1.29 is 24.2 Å². The van der Waals surface area contributed by atoms with Crippen LogP contribution in [0.15, 0.2) is 24.3 Å². The van der Waals surface area contributed by atoms with Crippen LogP contribution in [0.2, 0.25) is 0 Å². The SMILES string of the molecule is O=C(O)C1CCC(CN(C(=O)O)c2ccc(F)cc2)CC1. The number of benzene rings is 1. The summed E-state index contributed by atoms with van der Waals surface area (Å²) in [5.74, 6) is -1.36. The molecule has 0 aromatic heterocycles.